The molecule has 2 aromatic rings. The molecule has 0 radical (unpaired) electrons. The summed E-state index contributed by atoms with van der Waals surface area (Å²) in [6.07, 6.45) is 1.80. The lowest BCUT2D eigenvalue weighted by molar-refractivity contribution is 0.432. The Balaban J connectivity index is 1.98. The molecule has 0 bridgehead atoms. The second-order valence-electron chi connectivity index (χ2n) is 4.17. The molecule has 1 aliphatic rings. The number of aromatic nitrogens is 3. The summed E-state index contributed by atoms with van der Waals surface area (Å²) in [5, 5.41) is 3.25. The summed E-state index contributed by atoms with van der Waals surface area (Å²) >= 11 is 0. The van der Waals surface area contributed by atoms with Gasteiger partial charge >= 0.3 is 0 Å². The molecule has 3 heterocycles. The first kappa shape index (κ1) is 9.54. The van der Waals surface area contributed by atoms with Crippen molar-refractivity contribution in [2.45, 2.75) is 12.8 Å². The van der Waals surface area contributed by atoms with E-state index in [1.54, 1.807) is 6.20 Å². The molecule has 16 heavy (non-hydrogen) atoms. The van der Waals surface area contributed by atoms with Crippen LogP contribution in [0.2, 0.25) is 0 Å². The van der Waals surface area contributed by atoms with Crippen molar-refractivity contribution in [3.8, 4) is 11.4 Å². The maximum Gasteiger partial charge on any atom is 0.112 e. The van der Waals surface area contributed by atoms with Crippen molar-refractivity contribution >= 4 is 0 Å². The van der Waals surface area contributed by atoms with E-state index in [1.165, 1.54) is 0 Å². The highest BCUT2D eigenvalue weighted by Crippen LogP contribution is 2.23. The van der Waals surface area contributed by atoms with Crippen molar-refractivity contribution in [3.63, 3.8) is 0 Å². The van der Waals surface area contributed by atoms with Gasteiger partial charge in [-0.05, 0) is 19.1 Å². The minimum atomic E-state index is 0.538. The molecule has 0 unspecified atom stereocenters. The number of hydrogen-bond acceptors (Lipinski definition) is 3. The van der Waals surface area contributed by atoms with Crippen LogP contribution in [-0.4, -0.2) is 28.0 Å². The first-order valence-corrected chi connectivity index (χ1v) is 5.53. The summed E-state index contributed by atoms with van der Waals surface area (Å²) in [5.74, 6) is 1.62. The standard InChI is InChI=1S/C12H14N4/c1-8-11(10-4-2-3-5-14-10)16-12(15-8)9-6-13-7-9/h2-5,9,13H,6-7H2,1H3,(H,15,16). The molecular formula is C12H14N4. The molecule has 82 valence electrons. The van der Waals surface area contributed by atoms with E-state index in [2.05, 4.69) is 20.3 Å². The average Bonchev–Trinajstić information content (AvgIpc) is 2.59. The lowest BCUT2D eigenvalue weighted by Gasteiger charge is -2.24. The van der Waals surface area contributed by atoms with E-state index in [-0.39, 0.29) is 0 Å². The lowest BCUT2D eigenvalue weighted by atomic mass is 10.0. The van der Waals surface area contributed by atoms with Crippen LogP contribution in [0.25, 0.3) is 11.4 Å². The molecular weight excluding hydrogens is 200 g/mol. The van der Waals surface area contributed by atoms with Gasteiger partial charge in [-0.1, -0.05) is 6.07 Å². The third-order valence-corrected chi connectivity index (χ3v) is 2.98. The van der Waals surface area contributed by atoms with Crippen LogP contribution < -0.4 is 5.32 Å². The fourth-order valence-electron chi connectivity index (χ4n) is 1.91. The topological polar surface area (TPSA) is 53.6 Å². The molecule has 0 atom stereocenters. The van der Waals surface area contributed by atoms with E-state index in [0.29, 0.717) is 5.92 Å². The second kappa shape index (κ2) is 3.72. The predicted molar refractivity (Wildman–Crippen MR) is 62.2 cm³/mol. The van der Waals surface area contributed by atoms with Gasteiger partial charge in [0.25, 0.3) is 0 Å². The zero-order valence-corrected chi connectivity index (χ0v) is 9.20. The Morgan fingerprint density at radius 2 is 2.19 bits per heavy atom. The summed E-state index contributed by atoms with van der Waals surface area (Å²) in [6.45, 7) is 4.09. The van der Waals surface area contributed by atoms with Gasteiger partial charge in [0.1, 0.15) is 11.5 Å². The minimum absolute atomic E-state index is 0.538. The molecule has 1 saturated heterocycles. The monoisotopic (exact) mass is 214 g/mol. The first-order valence-electron chi connectivity index (χ1n) is 5.53. The Morgan fingerprint density at radius 3 is 2.81 bits per heavy atom. The Bertz CT molecular complexity index is 485. The quantitative estimate of drug-likeness (QED) is 0.796. The van der Waals surface area contributed by atoms with Crippen molar-refractivity contribution < 1.29 is 0 Å². The molecule has 1 fully saturated rings. The number of aromatic amines is 1. The third-order valence-electron chi connectivity index (χ3n) is 2.98. The maximum atomic E-state index is 4.64. The maximum absolute atomic E-state index is 4.64. The fourth-order valence-corrected chi connectivity index (χ4v) is 1.91. The number of imidazole rings is 1. The molecule has 0 amide bonds. The number of nitrogens with zero attached hydrogens (tertiary/aromatic N) is 2. The molecule has 0 spiro atoms. The number of pyridine rings is 1. The van der Waals surface area contributed by atoms with Gasteiger partial charge in [0, 0.05) is 30.9 Å². The van der Waals surface area contributed by atoms with Crippen LogP contribution in [0.4, 0.5) is 0 Å². The predicted octanol–water partition coefficient (Wildman–Crippen LogP) is 1.47. The molecule has 0 aromatic carbocycles. The number of aryl methyl sites for hydroxylation is 1. The van der Waals surface area contributed by atoms with Crippen molar-refractivity contribution in [1.82, 2.24) is 20.3 Å². The number of hydrogen-bond donors (Lipinski definition) is 2. The zero-order chi connectivity index (χ0) is 11.0. The van der Waals surface area contributed by atoms with Gasteiger partial charge in [-0.3, -0.25) is 4.98 Å². The van der Waals surface area contributed by atoms with E-state index < -0.39 is 0 Å². The first-order chi connectivity index (χ1) is 7.84. The largest absolute Gasteiger partial charge is 0.345 e. The van der Waals surface area contributed by atoms with E-state index >= 15 is 0 Å². The summed E-state index contributed by atoms with van der Waals surface area (Å²) in [6, 6.07) is 5.90. The van der Waals surface area contributed by atoms with E-state index in [0.717, 1.165) is 36.0 Å². The van der Waals surface area contributed by atoms with E-state index in [9.17, 15) is 0 Å². The molecule has 4 nitrogen and oxygen atoms in total. The lowest BCUT2D eigenvalue weighted by Crippen LogP contribution is -2.40. The highest BCUT2D eigenvalue weighted by molar-refractivity contribution is 5.57. The Morgan fingerprint density at radius 1 is 1.31 bits per heavy atom. The van der Waals surface area contributed by atoms with Crippen LogP contribution in [0.15, 0.2) is 24.4 Å². The minimum Gasteiger partial charge on any atom is -0.345 e. The number of H-pyrrole nitrogens is 1. The number of nitrogens with one attached hydrogen (secondary N) is 2. The smallest absolute Gasteiger partial charge is 0.112 e. The van der Waals surface area contributed by atoms with Crippen molar-refractivity contribution in [2.24, 2.45) is 0 Å². The fraction of sp³-hybridized carbons (Fsp3) is 0.333. The van der Waals surface area contributed by atoms with Gasteiger partial charge in [0.2, 0.25) is 0 Å². The highest BCUT2D eigenvalue weighted by Gasteiger charge is 2.23. The van der Waals surface area contributed by atoms with Crippen LogP contribution in [0.1, 0.15) is 17.4 Å². The highest BCUT2D eigenvalue weighted by atomic mass is 15.0. The van der Waals surface area contributed by atoms with Crippen molar-refractivity contribution in [2.75, 3.05) is 13.1 Å². The Labute approximate surface area is 94.1 Å². The molecule has 2 N–H and O–H groups in total. The van der Waals surface area contributed by atoms with Gasteiger partial charge in [0.15, 0.2) is 0 Å². The van der Waals surface area contributed by atoms with Crippen LogP contribution in [0, 0.1) is 6.92 Å². The van der Waals surface area contributed by atoms with Gasteiger partial charge in [-0.15, -0.1) is 0 Å². The van der Waals surface area contributed by atoms with Crippen LogP contribution in [-0.2, 0) is 0 Å². The Kier molecular flexibility index (Phi) is 2.22. The SMILES string of the molecule is Cc1[nH]c(C2CNC2)nc1-c1ccccn1. The second-order valence-corrected chi connectivity index (χ2v) is 4.17. The molecule has 3 rings (SSSR count). The summed E-state index contributed by atoms with van der Waals surface area (Å²) in [5.41, 5.74) is 3.01. The van der Waals surface area contributed by atoms with Gasteiger partial charge in [-0.25, -0.2) is 4.98 Å². The van der Waals surface area contributed by atoms with Crippen molar-refractivity contribution in [1.29, 1.82) is 0 Å². The van der Waals surface area contributed by atoms with E-state index in [1.807, 2.05) is 25.1 Å². The van der Waals surface area contributed by atoms with Crippen LogP contribution in [0.5, 0.6) is 0 Å². The average molecular weight is 214 g/mol. The van der Waals surface area contributed by atoms with Crippen LogP contribution in [0.3, 0.4) is 0 Å². The molecule has 0 aliphatic carbocycles. The Hall–Kier alpha value is -1.68. The summed E-state index contributed by atoms with van der Waals surface area (Å²) < 4.78 is 0. The molecule has 4 heteroatoms. The summed E-state index contributed by atoms with van der Waals surface area (Å²) in [4.78, 5) is 12.3. The van der Waals surface area contributed by atoms with Crippen LogP contribution >= 0.6 is 0 Å². The van der Waals surface area contributed by atoms with Gasteiger partial charge < -0.3 is 10.3 Å². The normalized spacial score (nSPS) is 16.1. The summed E-state index contributed by atoms with van der Waals surface area (Å²) in [7, 11) is 0. The molecule has 1 aliphatic heterocycles. The zero-order valence-electron chi connectivity index (χ0n) is 9.20. The van der Waals surface area contributed by atoms with E-state index in [4.69, 9.17) is 0 Å². The van der Waals surface area contributed by atoms with Gasteiger partial charge in [-0.2, -0.15) is 0 Å². The van der Waals surface area contributed by atoms with Gasteiger partial charge in [0.05, 0.1) is 5.69 Å². The molecule has 2 aromatic heterocycles. The number of rotatable bonds is 2. The van der Waals surface area contributed by atoms with Crippen molar-refractivity contribution in [3.05, 3.63) is 35.9 Å². The molecule has 0 saturated carbocycles. The third kappa shape index (κ3) is 1.51.